The fourth-order valence-electron chi connectivity index (χ4n) is 1.88. The van der Waals surface area contributed by atoms with Gasteiger partial charge in [0.25, 0.3) is 0 Å². The summed E-state index contributed by atoms with van der Waals surface area (Å²) in [5.41, 5.74) is 1.38. The minimum absolute atomic E-state index is 0.116. The number of carboxylic acid groups (broad SMARTS) is 1. The number of anilines is 1. The summed E-state index contributed by atoms with van der Waals surface area (Å²) in [7, 11) is 0. The number of aromatic carboxylic acids is 1. The Balaban J connectivity index is 1.70. The molecule has 1 aromatic carbocycles. The molecule has 0 aliphatic rings. The third-order valence-electron chi connectivity index (χ3n) is 2.95. The maximum atomic E-state index is 11.8. The summed E-state index contributed by atoms with van der Waals surface area (Å²) in [5, 5.41) is 13.6. The molecule has 0 saturated carbocycles. The first-order valence-corrected chi connectivity index (χ1v) is 8.40. The molecule has 0 atom stereocenters. The summed E-state index contributed by atoms with van der Waals surface area (Å²) < 4.78 is 9.04. The van der Waals surface area contributed by atoms with Gasteiger partial charge in [-0.05, 0) is 17.1 Å². The van der Waals surface area contributed by atoms with Crippen LogP contribution >= 0.6 is 22.9 Å². The van der Waals surface area contributed by atoms with E-state index in [-0.39, 0.29) is 17.4 Å². The highest BCUT2D eigenvalue weighted by molar-refractivity contribution is 7.19. The van der Waals surface area contributed by atoms with E-state index < -0.39 is 12.1 Å². The first-order valence-electron chi connectivity index (χ1n) is 6.75. The van der Waals surface area contributed by atoms with Crippen molar-refractivity contribution in [2.24, 2.45) is 0 Å². The molecule has 3 aromatic rings. The number of ether oxygens (including phenoxy) is 1. The third kappa shape index (κ3) is 3.76. The van der Waals surface area contributed by atoms with Crippen molar-refractivity contribution in [2.45, 2.75) is 6.61 Å². The van der Waals surface area contributed by atoms with Gasteiger partial charge >= 0.3 is 12.1 Å². The van der Waals surface area contributed by atoms with E-state index in [0.29, 0.717) is 10.4 Å². The van der Waals surface area contributed by atoms with Crippen LogP contribution in [-0.4, -0.2) is 26.5 Å². The van der Waals surface area contributed by atoms with Crippen LogP contribution in [0.15, 0.2) is 41.9 Å². The molecule has 3 rings (SSSR count). The number of rotatable bonds is 5. The lowest BCUT2D eigenvalue weighted by Gasteiger charge is -2.04. The molecule has 1 amide bonds. The van der Waals surface area contributed by atoms with E-state index in [2.05, 4.69) is 14.7 Å². The van der Waals surface area contributed by atoms with Crippen molar-refractivity contribution in [3.8, 4) is 10.4 Å². The summed E-state index contributed by atoms with van der Waals surface area (Å²) in [6.07, 6.45) is 0.863. The molecular weight excluding hydrogens is 350 g/mol. The van der Waals surface area contributed by atoms with Crippen LogP contribution in [0.4, 0.5) is 9.93 Å². The number of thiazole rings is 1. The predicted molar refractivity (Wildman–Crippen MR) is 90.4 cm³/mol. The van der Waals surface area contributed by atoms with Gasteiger partial charge in [-0.1, -0.05) is 41.7 Å². The molecule has 0 radical (unpaired) electrons. The predicted octanol–water partition coefficient (Wildman–Crippen LogP) is 3.71. The van der Waals surface area contributed by atoms with Crippen molar-refractivity contribution < 1.29 is 19.4 Å². The van der Waals surface area contributed by atoms with E-state index in [1.54, 1.807) is 11.6 Å². The lowest BCUT2D eigenvalue weighted by atomic mass is 10.2. The average molecular weight is 361 g/mol. The maximum Gasteiger partial charge on any atom is 0.413 e. The molecule has 0 aliphatic carbocycles. The maximum absolute atomic E-state index is 11.8. The van der Waals surface area contributed by atoms with Crippen LogP contribution in [0, 0.1) is 0 Å². The van der Waals surface area contributed by atoms with Gasteiger partial charge in [-0.25, -0.2) is 18.9 Å². The number of nitrogens with zero attached hydrogens (tertiary/aromatic N) is 2. The lowest BCUT2D eigenvalue weighted by molar-refractivity contribution is 0.0692. The largest absolute Gasteiger partial charge is 0.476 e. The highest BCUT2D eigenvalue weighted by Crippen LogP contribution is 2.33. The van der Waals surface area contributed by atoms with Crippen LogP contribution in [0.25, 0.3) is 10.4 Å². The van der Waals surface area contributed by atoms with Gasteiger partial charge < -0.3 is 9.84 Å². The Morgan fingerprint density at radius 3 is 2.71 bits per heavy atom. The summed E-state index contributed by atoms with van der Waals surface area (Å²) >= 11 is 2.27. The summed E-state index contributed by atoms with van der Waals surface area (Å²) in [5.74, 6) is -1.17. The summed E-state index contributed by atoms with van der Waals surface area (Å²) in [6.45, 7) is 0.116. The summed E-state index contributed by atoms with van der Waals surface area (Å²) in [6, 6.07) is 9.23. The van der Waals surface area contributed by atoms with E-state index in [1.165, 1.54) is 11.5 Å². The van der Waals surface area contributed by atoms with Crippen molar-refractivity contribution in [1.29, 1.82) is 0 Å². The molecule has 2 aromatic heterocycles. The third-order valence-corrected chi connectivity index (χ3v) is 4.55. The molecule has 0 unspecified atom stereocenters. The fraction of sp³-hybridized carbons (Fsp3) is 0.0667. The first kappa shape index (κ1) is 16.1. The molecule has 0 saturated heterocycles. The molecule has 9 heteroatoms. The number of nitrogens with one attached hydrogen (secondary N) is 1. The molecule has 0 bridgehead atoms. The Kier molecular flexibility index (Phi) is 4.82. The fourth-order valence-corrected chi connectivity index (χ4v) is 3.40. The van der Waals surface area contributed by atoms with Gasteiger partial charge in [0, 0.05) is 17.1 Å². The Morgan fingerprint density at radius 1 is 1.25 bits per heavy atom. The number of aromatic nitrogens is 2. The highest BCUT2D eigenvalue weighted by atomic mass is 32.1. The van der Waals surface area contributed by atoms with Crippen LogP contribution < -0.4 is 5.32 Å². The van der Waals surface area contributed by atoms with Gasteiger partial charge in [-0.2, -0.15) is 0 Å². The molecule has 2 N–H and O–H groups in total. The molecule has 24 heavy (non-hydrogen) atoms. The van der Waals surface area contributed by atoms with E-state index >= 15 is 0 Å². The zero-order valence-corrected chi connectivity index (χ0v) is 13.8. The second-order valence-corrected chi connectivity index (χ2v) is 6.26. The Bertz CT molecular complexity index is 847. The number of hydrogen-bond donors (Lipinski definition) is 2. The van der Waals surface area contributed by atoms with E-state index in [9.17, 15) is 14.7 Å². The minimum Gasteiger partial charge on any atom is -0.476 e. The molecule has 7 nitrogen and oxygen atoms in total. The Morgan fingerprint density at radius 2 is 2.04 bits per heavy atom. The molecule has 122 valence electrons. The zero-order chi connectivity index (χ0) is 16.9. The van der Waals surface area contributed by atoms with E-state index in [0.717, 1.165) is 16.9 Å². The van der Waals surface area contributed by atoms with Crippen molar-refractivity contribution in [1.82, 2.24) is 9.36 Å². The first-order chi connectivity index (χ1) is 11.6. The van der Waals surface area contributed by atoms with Crippen LogP contribution in [0.5, 0.6) is 0 Å². The summed E-state index contributed by atoms with van der Waals surface area (Å²) in [4.78, 5) is 27.5. The van der Waals surface area contributed by atoms with Gasteiger partial charge in [0.15, 0.2) is 10.8 Å². The number of carbonyl (C=O) groups is 2. The van der Waals surface area contributed by atoms with Gasteiger partial charge in [-0.15, -0.1) is 0 Å². The van der Waals surface area contributed by atoms with Crippen molar-refractivity contribution >= 4 is 40.1 Å². The van der Waals surface area contributed by atoms with Crippen molar-refractivity contribution in [3.05, 3.63) is 53.2 Å². The van der Waals surface area contributed by atoms with Gasteiger partial charge in [0.1, 0.15) is 6.61 Å². The Labute approximate surface area is 144 Å². The van der Waals surface area contributed by atoms with Gasteiger partial charge in [0.05, 0.1) is 4.88 Å². The monoisotopic (exact) mass is 361 g/mol. The highest BCUT2D eigenvalue weighted by Gasteiger charge is 2.20. The zero-order valence-electron chi connectivity index (χ0n) is 12.1. The topological polar surface area (TPSA) is 101 Å². The second kappa shape index (κ2) is 7.20. The lowest BCUT2D eigenvalue weighted by Crippen LogP contribution is -2.13. The van der Waals surface area contributed by atoms with Crippen LogP contribution in [0.3, 0.4) is 0 Å². The average Bonchev–Trinajstić information content (AvgIpc) is 3.23. The molecule has 2 heterocycles. The van der Waals surface area contributed by atoms with Crippen LogP contribution in [0.2, 0.25) is 0 Å². The van der Waals surface area contributed by atoms with E-state index in [4.69, 9.17) is 4.74 Å². The van der Waals surface area contributed by atoms with Crippen LogP contribution in [0.1, 0.15) is 16.1 Å². The number of benzene rings is 1. The quantitative estimate of drug-likeness (QED) is 0.718. The smallest absolute Gasteiger partial charge is 0.413 e. The molecular formula is C15H11N3O4S2. The van der Waals surface area contributed by atoms with Crippen molar-refractivity contribution in [2.75, 3.05) is 5.32 Å². The van der Waals surface area contributed by atoms with Gasteiger partial charge in [-0.3, -0.25) is 5.32 Å². The van der Waals surface area contributed by atoms with Crippen molar-refractivity contribution in [3.63, 3.8) is 0 Å². The number of carbonyl (C=O) groups excluding carboxylic acids is 1. The number of carboxylic acids is 1. The normalized spacial score (nSPS) is 10.3. The van der Waals surface area contributed by atoms with E-state index in [1.807, 2.05) is 30.3 Å². The molecule has 0 fully saturated rings. The Hall–Kier alpha value is -2.78. The number of hydrogen-bond acceptors (Lipinski definition) is 7. The molecule has 0 aliphatic heterocycles. The van der Waals surface area contributed by atoms with Gasteiger partial charge in [0.2, 0.25) is 0 Å². The second-order valence-electron chi connectivity index (χ2n) is 4.60. The molecule has 0 spiro atoms. The standard InChI is InChI=1S/C15H11N3O4S2/c19-13(20)11-12(10-6-16-23-8-10)24-14(17-11)18-15(21)22-7-9-4-2-1-3-5-9/h1-6,8H,7H2,(H,19,20)(H,17,18,21). The SMILES string of the molecule is O=C(Nc1nc(C(=O)O)c(-c2cnsc2)s1)OCc1ccccc1. The number of amides is 1. The van der Waals surface area contributed by atoms with Crippen LogP contribution in [-0.2, 0) is 11.3 Å². The minimum atomic E-state index is -1.17.